The molecule has 12 rings (SSSR count). The second-order valence-corrected chi connectivity index (χ2v) is 25.6. The highest BCUT2D eigenvalue weighted by molar-refractivity contribution is 5.84. The molecule has 3 heterocycles. The van der Waals surface area contributed by atoms with Gasteiger partial charge in [-0.1, -0.05) is 136 Å². The first-order chi connectivity index (χ1) is 51.4. The number of para-hydroxylation sites is 6. The predicted octanol–water partition coefficient (Wildman–Crippen LogP) is 23.2. The number of aromatic nitrogens is 3. The first-order valence-electron chi connectivity index (χ1n) is 37.2. The third-order valence-corrected chi connectivity index (χ3v) is 17.9. The molecule has 12 aromatic rings. The summed E-state index contributed by atoms with van der Waals surface area (Å²) in [6.07, 6.45) is 4.23. The van der Waals surface area contributed by atoms with E-state index in [-0.39, 0.29) is 0 Å². The molecule has 0 amide bonds. The normalized spacial score (nSPS) is 10.7. The monoisotopic (exact) mass is 1400 g/mol. The van der Waals surface area contributed by atoms with Crippen molar-refractivity contribution in [3.05, 3.63) is 255 Å². The van der Waals surface area contributed by atoms with Crippen LogP contribution < -0.4 is 43.1 Å². The van der Waals surface area contributed by atoms with E-state index < -0.39 is 0 Å². The van der Waals surface area contributed by atoms with Gasteiger partial charge in [-0.05, 0) is 233 Å². The maximum absolute atomic E-state index is 6.18. The van der Waals surface area contributed by atoms with Gasteiger partial charge in [0, 0.05) is 91.7 Å². The van der Waals surface area contributed by atoms with Gasteiger partial charge >= 0.3 is 0 Å². The lowest BCUT2D eigenvalue weighted by atomic mass is 9.99. The van der Waals surface area contributed by atoms with Crippen LogP contribution in [0.4, 0.5) is 17.1 Å². The third-order valence-electron chi connectivity index (χ3n) is 17.9. The fourth-order valence-electron chi connectivity index (χ4n) is 12.4. The summed E-state index contributed by atoms with van der Waals surface area (Å²) in [4.78, 5) is 21.9. The third kappa shape index (κ3) is 20.1. The Labute approximate surface area is 623 Å². The molecule has 0 N–H and O–H groups in total. The summed E-state index contributed by atoms with van der Waals surface area (Å²) in [6.45, 7) is 22.5. The Morgan fingerprint density at radius 3 is 0.676 bits per heavy atom. The van der Waals surface area contributed by atoms with Gasteiger partial charge in [0.2, 0.25) is 0 Å². The molecule has 0 atom stereocenters. The summed E-state index contributed by atoms with van der Waals surface area (Å²) in [6, 6.07) is 87.6. The van der Waals surface area contributed by atoms with Crippen LogP contribution in [-0.2, 0) is 0 Å². The summed E-state index contributed by atoms with van der Waals surface area (Å²) < 4.78 is 36.1. The van der Waals surface area contributed by atoms with Crippen molar-refractivity contribution in [2.45, 2.75) is 81.1 Å². The van der Waals surface area contributed by atoms with Gasteiger partial charge in [-0.3, -0.25) is 0 Å². The Bertz CT molecular complexity index is 4480. The lowest BCUT2D eigenvalue weighted by molar-refractivity contribution is 0.310. The van der Waals surface area contributed by atoms with Crippen LogP contribution in [0.5, 0.6) is 34.5 Å². The molecule has 12 heteroatoms. The lowest BCUT2D eigenvalue weighted by Crippen LogP contribution is -2.21. The van der Waals surface area contributed by atoms with E-state index >= 15 is 0 Å². The zero-order chi connectivity index (χ0) is 73.9. The topological polar surface area (TPSA) is 104 Å². The maximum atomic E-state index is 6.18. The number of pyridine rings is 3. The molecule has 3 aromatic heterocycles. The van der Waals surface area contributed by atoms with Crippen molar-refractivity contribution in [3.63, 3.8) is 0 Å². The minimum absolute atomic E-state index is 0.600. The van der Waals surface area contributed by atoms with E-state index in [1.807, 2.05) is 151 Å². The van der Waals surface area contributed by atoms with Gasteiger partial charge in [0.1, 0.15) is 34.5 Å². The Hall–Kier alpha value is -11.4. The molecule has 9 aromatic carbocycles. The highest BCUT2D eigenvalue weighted by Crippen LogP contribution is 2.42. The molecule has 0 bridgehead atoms. The van der Waals surface area contributed by atoms with Crippen molar-refractivity contribution in [3.8, 4) is 135 Å². The van der Waals surface area contributed by atoms with Gasteiger partial charge < -0.3 is 43.1 Å². The first kappa shape index (κ1) is 76.3. The molecule has 105 heavy (non-hydrogen) atoms. The van der Waals surface area contributed by atoms with Crippen molar-refractivity contribution in [2.75, 3.05) is 95.6 Å². The molecule has 540 valence electrons. The highest BCUT2D eigenvalue weighted by Gasteiger charge is 2.20. The zero-order valence-corrected chi connectivity index (χ0v) is 63.4. The van der Waals surface area contributed by atoms with Crippen LogP contribution in [0, 0.1) is 0 Å². The van der Waals surface area contributed by atoms with Crippen molar-refractivity contribution in [1.82, 2.24) is 15.0 Å². The fraction of sp³-hybridized carbons (Fsp3) is 0.258. The van der Waals surface area contributed by atoms with Crippen LogP contribution in [0.2, 0.25) is 0 Å². The van der Waals surface area contributed by atoms with E-state index in [1.54, 1.807) is 0 Å². The fourth-order valence-corrected chi connectivity index (χ4v) is 12.4. The SMILES string of the molecule is CCCCOc1ccccc1-c1cc(-c2ccc(N(C)C)cc2)cc(-c2ccccc2OCCCC)n1.CCOc1ccccc1-c1cc(-c2ccc(N(C)C)cc2)cc(-c2ccccc2OCC)n1.CCOc1ccccc1-c1cc(-c2ccc(N(CC)CC)cc2)cc(-c2ccccc2OCC)n1. The highest BCUT2D eigenvalue weighted by atomic mass is 16.5. The van der Waals surface area contributed by atoms with E-state index in [0.717, 1.165) is 180 Å². The van der Waals surface area contributed by atoms with Crippen LogP contribution in [0.1, 0.15) is 81.1 Å². The molecule has 0 saturated carbocycles. The molecule has 0 aliphatic carbocycles. The molecule has 12 nitrogen and oxygen atoms in total. The molecular formula is C93H102N6O6. The lowest BCUT2D eigenvalue weighted by Gasteiger charge is -2.21. The first-order valence-corrected chi connectivity index (χ1v) is 37.2. The van der Waals surface area contributed by atoms with Crippen LogP contribution in [0.25, 0.3) is 101 Å². The minimum Gasteiger partial charge on any atom is -0.493 e. The Morgan fingerprint density at radius 1 is 0.248 bits per heavy atom. The molecule has 0 unspecified atom stereocenters. The number of rotatable bonds is 30. The number of nitrogens with zero attached hydrogens (tertiary/aromatic N) is 6. The summed E-state index contributed by atoms with van der Waals surface area (Å²) in [5.74, 6) is 5.05. The number of ether oxygens (including phenoxy) is 6. The Kier molecular flexibility index (Phi) is 28.2. The average Bonchev–Trinajstić information content (AvgIpc) is 0.798. The zero-order valence-electron chi connectivity index (χ0n) is 63.4. The number of hydrogen-bond donors (Lipinski definition) is 0. The predicted molar refractivity (Wildman–Crippen MR) is 439 cm³/mol. The summed E-state index contributed by atoms with van der Waals surface area (Å²) >= 11 is 0. The molecule has 0 spiro atoms. The van der Waals surface area contributed by atoms with Crippen LogP contribution >= 0.6 is 0 Å². The standard InChI is InChI=1S/C33H38N2O2.C31H34N2O2.C29H30N2O2/c1-5-7-21-36-32-15-11-9-13-28(32)30-23-26(25-17-19-27(20-18-25)35(3)4)24-31(34-30)29-14-10-12-16-33(29)37-22-8-6-2;1-5-33(6-2)25-19-17-23(18-20-25)24-21-28(26-13-9-11-15-30(26)34-7-3)32-29(22-24)27-14-10-12-16-31(27)35-8-4;1-5-32-28-13-9-7-11-24(28)26-19-22(21-15-17-23(18-16-21)31(3)4)20-27(30-26)25-12-8-10-14-29(25)33-6-2/h9-20,23-24H,5-8,21-22H2,1-4H3;9-22H,5-8H2,1-4H3;7-20H,5-6H2,1-4H3. The van der Waals surface area contributed by atoms with Crippen molar-refractivity contribution >= 4 is 17.1 Å². The Morgan fingerprint density at radius 2 is 0.467 bits per heavy atom. The number of anilines is 3. The van der Waals surface area contributed by atoms with E-state index in [2.05, 4.69) is 202 Å². The van der Waals surface area contributed by atoms with Gasteiger partial charge in [0.05, 0.1) is 73.8 Å². The second kappa shape index (κ2) is 38.8. The van der Waals surface area contributed by atoms with Gasteiger partial charge in [-0.15, -0.1) is 0 Å². The van der Waals surface area contributed by atoms with Gasteiger partial charge in [-0.25, -0.2) is 15.0 Å². The number of benzene rings is 9. The van der Waals surface area contributed by atoms with Crippen LogP contribution in [-0.4, -0.2) is 95.9 Å². The van der Waals surface area contributed by atoms with E-state index in [4.69, 9.17) is 43.4 Å². The largest absolute Gasteiger partial charge is 0.493 e. The summed E-state index contributed by atoms with van der Waals surface area (Å²) in [5, 5.41) is 0. The molecule has 0 saturated heterocycles. The number of hydrogen-bond acceptors (Lipinski definition) is 12. The molecule has 0 fully saturated rings. The van der Waals surface area contributed by atoms with Crippen LogP contribution in [0.15, 0.2) is 255 Å². The van der Waals surface area contributed by atoms with Gasteiger partial charge in [0.25, 0.3) is 0 Å². The Balaban J connectivity index is 0.000000169. The van der Waals surface area contributed by atoms with Gasteiger partial charge in [-0.2, -0.15) is 0 Å². The minimum atomic E-state index is 0.600. The molecule has 0 aliphatic rings. The van der Waals surface area contributed by atoms with Crippen molar-refractivity contribution in [2.24, 2.45) is 0 Å². The van der Waals surface area contributed by atoms with Crippen LogP contribution in [0.3, 0.4) is 0 Å². The van der Waals surface area contributed by atoms with Crippen molar-refractivity contribution in [1.29, 1.82) is 0 Å². The van der Waals surface area contributed by atoms with E-state index in [1.165, 1.54) is 11.4 Å². The maximum Gasteiger partial charge on any atom is 0.128 e. The average molecular weight is 1400 g/mol. The molecular weight excluding hydrogens is 1300 g/mol. The molecule has 0 radical (unpaired) electrons. The second-order valence-electron chi connectivity index (χ2n) is 25.6. The quantitative estimate of drug-likeness (QED) is 0.0401. The van der Waals surface area contributed by atoms with E-state index in [0.29, 0.717) is 39.6 Å². The number of unbranched alkanes of at least 4 members (excludes halogenated alkanes) is 2. The van der Waals surface area contributed by atoms with Crippen molar-refractivity contribution < 1.29 is 28.4 Å². The van der Waals surface area contributed by atoms with E-state index in [9.17, 15) is 0 Å². The smallest absolute Gasteiger partial charge is 0.128 e. The van der Waals surface area contributed by atoms with Gasteiger partial charge in [0.15, 0.2) is 0 Å². The summed E-state index contributed by atoms with van der Waals surface area (Å²) in [7, 11) is 8.21. The summed E-state index contributed by atoms with van der Waals surface area (Å²) in [5.41, 5.74) is 21.5. The molecule has 0 aliphatic heterocycles.